The lowest BCUT2D eigenvalue weighted by atomic mass is 10.0. The van der Waals surface area contributed by atoms with Gasteiger partial charge in [-0.05, 0) is 68.5 Å². The molecule has 1 atom stereocenters. The Hall–Kier alpha value is -1.98. The molecule has 0 aliphatic heterocycles. The molecule has 0 radical (unpaired) electrons. The zero-order chi connectivity index (χ0) is 19.1. The monoisotopic (exact) mass is 370 g/mol. The molecule has 4 nitrogen and oxygen atoms in total. The van der Waals surface area contributed by atoms with Crippen molar-refractivity contribution in [1.82, 2.24) is 14.8 Å². The summed E-state index contributed by atoms with van der Waals surface area (Å²) in [6.07, 6.45) is 3.71. The summed E-state index contributed by atoms with van der Waals surface area (Å²) in [6, 6.07) is 12.7. The minimum Gasteiger partial charge on any atom is -0.341 e. The first-order chi connectivity index (χ1) is 12.4. The van der Waals surface area contributed by atoms with Crippen molar-refractivity contribution in [2.75, 3.05) is 32.5 Å². The van der Waals surface area contributed by atoms with Crippen LogP contribution in [0, 0.1) is 0 Å². The first kappa shape index (κ1) is 20.3. The van der Waals surface area contributed by atoms with Crippen LogP contribution in [0.15, 0.2) is 48.8 Å². The fourth-order valence-electron chi connectivity index (χ4n) is 2.73. The summed E-state index contributed by atoms with van der Waals surface area (Å²) in [5.74, 6) is 0.526. The summed E-state index contributed by atoms with van der Waals surface area (Å²) < 4.78 is 0. The van der Waals surface area contributed by atoms with E-state index < -0.39 is 0 Å². The van der Waals surface area contributed by atoms with Gasteiger partial charge < -0.3 is 15.1 Å². The molecule has 0 aliphatic rings. The molecule has 0 aliphatic carbocycles. The molecule has 1 N–H and O–H groups in total. The van der Waals surface area contributed by atoms with Crippen molar-refractivity contribution in [2.45, 2.75) is 32.7 Å². The normalized spacial score (nSPS) is 12.3. The predicted octanol–water partition coefficient (Wildman–Crippen LogP) is 4.53. The summed E-state index contributed by atoms with van der Waals surface area (Å²) >= 11 is 5.75. The summed E-state index contributed by atoms with van der Waals surface area (Å²) in [6.45, 7) is 8.34. The molecule has 0 fully saturated rings. The van der Waals surface area contributed by atoms with Crippen LogP contribution in [0.3, 0.4) is 0 Å². The van der Waals surface area contributed by atoms with Gasteiger partial charge in [0.25, 0.3) is 0 Å². The summed E-state index contributed by atoms with van der Waals surface area (Å²) in [5, 5.41) is 4.14. The van der Waals surface area contributed by atoms with Crippen LogP contribution in [0.4, 0.5) is 5.69 Å². The standard InChI is InChI=1S/C21H30N4S/c1-16(2)18-8-10-20(11-9-18)23-21(26)25(14-13-24(4)5)17(3)19-7-6-12-22-15-19/h6-12,15-17H,13-14H2,1-5H3,(H,23,26)/t17-/m0/s1. The number of aromatic nitrogens is 1. The minimum atomic E-state index is 0.151. The van der Waals surface area contributed by atoms with Crippen LogP contribution >= 0.6 is 12.2 Å². The van der Waals surface area contributed by atoms with Crippen molar-refractivity contribution >= 4 is 23.0 Å². The maximum absolute atomic E-state index is 5.75. The second-order valence-corrected chi connectivity index (χ2v) is 7.55. The lowest BCUT2D eigenvalue weighted by Crippen LogP contribution is -2.40. The largest absolute Gasteiger partial charge is 0.341 e. The number of rotatable bonds is 7. The van der Waals surface area contributed by atoms with E-state index in [0.29, 0.717) is 5.92 Å². The highest BCUT2D eigenvalue weighted by molar-refractivity contribution is 7.80. The molecule has 2 aromatic rings. The van der Waals surface area contributed by atoms with E-state index in [1.165, 1.54) is 5.56 Å². The van der Waals surface area contributed by atoms with Gasteiger partial charge in [-0.1, -0.05) is 32.0 Å². The highest BCUT2D eigenvalue weighted by Gasteiger charge is 2.19. The summed E-state index contributed by atoms with van der Waals surface area (Å²) in [5.41, 5.74) is 3.51. The average molecular weight is 371 g/mol. The van der Waals surface area contributed by atoms with Gasteiger partial charge in [0.05, 0.1) is 6.04 Å². The maximum atomic E-state index is 5.75. The van der Waals surface area contributed by atoms with Gasteiger partial charge in [0.1, 0.15) is 0 Å². The molecule has 0 unspecified atom stereocenters. The maximum Gasteiger partial charge on any atom is 0.173 e. The molecule has 0 saturated carbocycles. The summed E-state index contributed by atoms with van der Waals surface area (Å²) in [7, 11) is 4.15. The number of benzene rings is 1. The van der Waals surface area contributed by atoms with Crippen molar-refractivity contribution in [1.29, 1.82) is 0 Å². The van der Waals surface area contributed by atoms with E-state index in [9.17, 15) is 0 Å². The van der Waals surface area contributed by atoms with Gasteiger partial charge in [-0.15, -0.1) is 0 Å². The fourth-order valence-corrected chi connectivity index (χ4v) is 3.10. The Morgan fingerprint density at radius 3 is 2.27 bits per heavy atom. The molecule has 0 bridgehead atoms. The Morgan fingerprint density at radius 2 is 1.73 bits per heavy atom. The predicted molar refractivity (Wildman–Crippen MR) is 115 cm³/mol. The van der Waals surface area contributed by atoms with Crippen LogP contribution < -0.4 is 5.32 Å². The zero-order valence-corrected chi connectivity index (χ0v) is 17.3. The Balaban J connectivity index is 2.14. The first-order valence-corrected chi connectivity index (χ1v) is 9.51. The molecule has 140 valence electrons. The van der Waals surface area contributed by atoms with E-state index in [1.54, 1.807) is 6.20 Å². The molecule has 1 heterocycles. The Labute approximate surface area is 163 Å². The SMILES string of the molecule is CC(C)c1ccc(NC(=S)N(CCN(C)C)[C@@H](C)c2cccnc2)cc1. The van der Waals surface area contributed by atoms with Gasteiger partial charge in [-0.3, -0.25) is 4.98 Å². The molecule has 1 aromatic heterocycles. The van der Waals surface area contributed by atoms with E-state index >= 15 is 0 Å². The van der Waals surface area contributed by atoms with Crippen molar-refractivity contribution in [2.24, 2.45) is 0 Å². The molecular weight excluding hydrogens is 340 g/mol. The fraction of sp³-hybridized carbons (Fsp3) is 0.429. The number of anilines is 1. The quantitative estimate of drug-likeness (QED) is 0.724. The zero-order valence-electron chi connectivity index (χ0n) is 16.4. The van der Waals surface area contributed by atoms with Crippen molar-refractivity contribution < 1.29 is 0 Å². The van der Waals surface area contributed by atoms with Crippen molar-refractivity contribution in [3.05, 3.63) is 59.9 Å². The third-order valence-corrected chi connectivity index (χ3v) is 4.85. The van der Waals surface area contributed by atoms with E-state index in [-0.39, 0.29) is 6.04 Å². The molecule has 26 heavy (non-hydrogen) atoms. The lowest BCUT2D eigenvalue weighted by Gasteiger charge is -2.33. The molecule has 0 amide bonds. The Bertz CT molecular complexity index is 683. The molecule has 5 heteroatoms. The van der Waals surface area contributed by atoms with Crippen LogP contribution in [0.2, 0.25) is 0 Å². The van der Waals surface area contributed by atoms with Crippen LogP contribution in [-0.2, 0) is 0 Å². The summed E-state index contributed by atoms with van der Waals surface area (Å²) in [4.78, 5) is 8.65. The number of thiocarbonyl (C=S) groups is 1. The van der Waals surface area contributed by atoms with Crippen molar-refractivity contribution in [3.8, 4) is 0 Å². The second-order valence-electron chi connectivity index (χ2n) is 7.17. The third kappa shape index (κ3) is 5.78. The minimum absolute atomic E-state index is 0.151. The lowest BCUT2D eigenvalue weighted by molar-refractivity contribution is 0.289. The van der Waals surface area contributed by atoms with Gasteiger partial charge in [0.2, 0.25) is 0 Å². The highest BCUT2D eigenvalue weighted by atomic mass is 32.1. The first-order valence-electron chi connectivity index (χ1n) is 9.10. The Morgan fingerprint density at radius 1 is 1.04 bits per heavy atom. The van der Waals surface area contributed by atoms with Gasteiger partial charge in [-0.25, -0.2) is 0 Å². The van der Waals surface area contributed by atoms with E-state index in [2.05, 4.69) is 85.3 Å². The van der Waals surface area contributed by atoms with Crippen LogP contribution in [-0.4, -0.2) is 47.1 Å². The number of likely N-dealkylation sites (N-methyl/N-ethyl adjacent to an activating group) is 1. The van der Waals surface area contributed by atoms with Crippen LogP contribution in [0.5, 0.6) is 0 Å². The highest BCUT2D eigenvalue weighted by Crippen LogP contribution is 2.22. The molecule has 0 spiro atoms. The van der Waals surface area contributed by atoms with E-state index in [4.69, 9.17) is 12.2 Å². The molecule has 0 saturated heterocycles. The molecule has 1 aromatic carbocycles. The Kier molecular flexibility index (Phi) is 7.54. The average Bonchev–Trinajstić information content (AvgIpc) is 2.62. The van der Waals surface area contributed by atoms with Crippen molar-refractivity contribution in [3.63, 3.8) is 0 Å². The van der Waals surface area contributed by atoms with E-state index in [0.717, 1.165) is 29.5 Å². The molecular formula is C21H30N4S. The smallest absolute Gasteiger partial charge is 0.173 e. The third-order valence-electron chi connectivity index (χ3n) is 4.51. The second kappa shape index (κ2) is 9.64. The number of nitrogens with one attached hydrogen (secondary N) is 1. The number of nitrogens with zero attached hydrogens (tertiary/aromatic N) is 3. The van der Waals surface area contributed by atoms with Gasteiger partial charge in [-0.2, -0.15) is 0 Å². The van der Waals surface area contributed by atoms with Crippen LogP contribution in [0.1, 0.15) is 43.9 Å². The number of pyridine rings is 1. The molecule has 2 rings (SSSR count). The van der Waals surface area contributed by atoms with Gasteiger partial charge in [0, 0.05) is 31.2 Å². The van der Waals surface area contributed by atoms with Crippen LogP contribution in [0.25, 0.3) is 0 Å². The van der Waals surface area contributed by atoms with Gasteiger partial charge in [0.15, 0.2) is 5.11 Å². The van der Waals surface area contributed by atoms with E-state index in [1.807, 2.05) is 12.3 Å². The van der Waals surface area contributed by atoms with Gasteiger partial charge >= 0.3 is 0 Å². The number of hydrogen-bond donors (Lipinski definition) is 1. The topological polar surface area (TPSA) is 31.4 Å². The number of hydrogen-bond acceptors (Lipinski definition) is 3.